The number of aliphatic hydroxyl groups is 1. The summed E-state index contributed by atoms with van der Waals surface area (Å²) in [4.78, 5) is 16.4. The van der Waals surface area contributed by atoms with E-state index in [4.69, 9.17) is 4.74 Å². The largest absolute Gasteiger partial charge is 0.389 e. The van der Waals surface area contributed by atoms with Gasteiger partial charge in [0, 0.05) is 39.2 Å². The van der Waals surface area contributed by atoms with Crippen molar-refractivity contribution in [3.8, 4) is 0 Å². The number of nitrogens with zero attached hydrogens (tertiary/aromatic N) is 2. The Morgan fingerprint density at radius 2 is 1.90 bits per heavy atom. The van der Waals surface area contributed by atoms with E-state index in [1.165, 1.54) is 19.3 Å². The molecule has 1 saturated carbocycles. The van der Waals surface area contributed by atoms with E-state index in [0.717, 1.165) is 32.4 Å². The molecule has 0 unspecified atom stereocenters. The molecule has 0 spiro atoms. The summed E-state index contributed by atoms with van der Waals surface area (Å²) < 4.78 is 4.99. The second-order valence-electron chi connectivity index (χ2n) is 6.51. The van der Waals surface area contributed by atoms with Gasteiger partial charge < -0.3 is 19.6 Å². The smallest absolute Gasteiger partial charge is 0.219 e. The second-order valence-corrected chi connectivity index (χ2v) is 6.51. The van der Waals surface area contributed by atoms with Crippen LogP contribution in [0.4, 0.5) is 0 Å². The SMILES string of the molecule is COC[C@@H](O)CN1CCC[C@H](N(C(C)=O)C2CCC2)CC1. The van der Waals surface area contributed by atoms with Crippen LogP contribution in [-0.4, -0.2) is 72.4 Å². The van der Waals surface area contributed by atoms with Crippen molar-refractivity contribution in [3.05, 3.63) is 0 Å². The zero-order valence-electron chi connectivity index (χ0n) is 13.5. The van der Waals surface area contributed by atoms with Crippen LogP contribution in [0.25, 0.3) is 0 Å². The number of rotatable bonds is 6. The number of carbonyl (C=O) groups excluding carboxylic acids is 1. The van der Waals surface area contributed by atoms with Crippen LogP contribution in [0.1, 0.15) is 45.4 Å². The quantitative estimate of drug-likeness (QED) is 0.802. The highest BCUT2D eigenvalue weighted by molar-refractivity contribution is 5.74. The molecule has 2 fully saturated rings. The molecule has 2 atom stereocenters. The molecule has 0 radical (unpaired) electrons. The number of β-amino-alcohol motifs (C(OH)–C–C–N with tert-alkyl or cyclic N) is 1. The van der Waals surface area contributed by atoms with Gasteiger partial charge in [-0.3, -0.25) is 4.79 Å². The molecule has 1 saturated heterocycles. The number of hydrogen-bond acceptors (Lipinski definition) is 4. The molecule has 1 amide bonds. The average molecular weight is 298 g/mol. The van der Waals surface area contributed by atoms with Gasteiger partial charge in [0.05, 0.1) is 12.7 Å². The molecule has 2 rings (SSSR count). The summed E-state index contributed by atoms with van der Waals surface area (Å²) in [5.74, 6) is 0.234. The molecule has 1 heterocycles. The van der Waals surface area contributed by atoms with Gasteiger partial charge in [-0.2, -0.15) is 0 Å². The van der Waals surface area contributed by atoms with Crippen LogP contribution in [0, 0.1) is 0 Å². The molecule has 1 N–H and O–H groups in total. The molecule has 0 aromatic heterocycles. The summed E-state index contributed by atoms with van der Waals surface area (Å²) in [5, 5.41) is 9.86. The molecule has 0 bridgehead atoms. The molecule has 0 aromatic rings. The number of carbonyl (C=O) groups is 1. The third-order valence-electron chi connectivity index (χ3n) is 4.84. The van der Waals surface area contributed by atoms with Gasteiger partial charge in [0.15, 0.2) is 0 Å². The number of likely N-dealkylation sites (tertiary alicyclic amines) is 1. The van der Waals surface area contributed by atoms with Gasteiger partial charge in [-0.1, -0.05) is 0 Å². The lowest BCUT2D eigenvalue weighted by Crippen LogP contribution is -2.49. The predicted molar refractivity (Wildman–Crippen MR) is 82.1 cm³/mol. The molecule has 0 aromatic carbocycles. The third kappa shape index (κ3) is 4.66. The monoisotopic (exact) mass is 298 g/mol. The van der Waals surface area contributed by atoms with Gasteiger partial charge in [-0.15, -0.1) is 0 Å². The highest BCUT2D eigenvalue weighted by Crippen LogP contribution is 2.30. The molecule has 21 heavy (non-hydrogen) atoms. The summed E-state index contributed by atoms with van der Waals surface area (Å²) in [5.41, 5.74) is 0. The Labute approximate surface area is 128 Å². The first-order valence-corrected chi connectivity index (χ1v) is 8.30. The number of amides is 1. The number of hydrogen-bond donors (Lipinski definition) is 1. The topological polar surface area (TPSA) is 53.0 Å². The van der Waals surface area contributed by atoms with Gasteiger partial charge >= 0.3 is 0 Å². The Morgan fingerprint density at radius 3 is 2.48 bits per heavy atom. The summed E-state index contributed by atoms with van der Waals surface area (Å²) in [6.07, 6.45) is 6.40. The lowest BCUT2D eigenvalue weighted by atomic mass is 9.89. The minimum Gasteiger partial charge on any atom is -0.389 e. The molecule has 2 aliphatic rings. The van der Waals surface area contributed by atoms with Crippen molar-refractivity contribution in [1.29, 1.82) is 0 Å². The van der Waals surface area contributed by atoms with E-state index in [0.29, 0.717) is 25.2 Å². The Balaban J connectivity index is 1.85. The van der Waals surface area contributed by atoms with E-state index in [2.05, 4.69) is 9.80 Å². The van der Waals surface area contributed by atoms with Crippen LogP contribution in [-0.2, 0) is 9.53 Å². The van der Waals surface area contributed by atoms with Crippen molar-refractivity contribution in [2.75, 3.05) is 33.4 Å². The lowest BCUT2D eigenvalue weighted by Gasteiger charge is -2.42. The van der Waals surface area contributed by atoms with Crippen LogP contribution < -0.4 is 0 Å². The van der Waals surface area contributed by atoms with E-state index in [-0.39, 0.29) is 5.91 Å². The zero-order chi connectivity index (χ0) is 15.2. The second kappa shape index (κ2) is 8.11. The van der Waals surface area contributed by atoms with Gasteiger partial charge in [0.2, 0.25) is 5.91 Å². The van der Waals surface area contributed by atoms with Crippen molar-refractivity contribution >= 4 is 5.91 Å². The van der Waals surface area contributed by atoms with Gasteiger partial charge in [-0.05, 0) is 45.1 Å². The summed E-state index contributed by atoms with van der Waals surface area (Å²) in [7, 11) is 1.62. The molecular formula is C16H30N2O3. The van der Waals surface area contributed by atoms with Crippen LogP contribution in [0.3, 0.4) is 0 Å². The highest BCUT2D eigenvalue weighted by atomic mass is 16.5. The molecule has 122 valence electrons. The maximum absolute atomic E-state index is 12.0. The molecule has 1 aliphatic heterocycles. The minimum absolute atomic E-state index is 0.234. The highest BCUT2D eigenvalue weighted by Gasteiger charge is 2.33. The van der Waals surface area contributed by atoms with Crippen LogP contribution in [0.2, 0.25) is 0 Å². The van der Waals surface area contributed by atoms with E-state index in [1.54, 1.807) is 14.0 Å². The van der Waals surface area contributed by atoms with Gasteiger partial charge in [0.25, 0.3) is 0 Å². The summed E-state index contributed by atoms with van der Waals surface area (Å²) >= 11 is 0. The Morgan fingerprint density at radius 1 is 1.24 bits per heavy atom. The zero-order valence-corrected chi connectivity index (χ0v) is 13.5. The van der Waals surface area contributed by atoms with E-state index in [9.17, 15) is 9.90 Å². The summed E-state index contributed by atoms with van der Waals surface area (Å²) in [6.45, 7) is 4.74. The van der Waals surface area contributed by atoms with Crippen LogP contribution >= 0.6 is 0 Å². The van der Waals surface area contributed by atoms with Gasteiger partial charge in [-0.25, -0.2) is 0 Å². The molecule has 1 aliphatic carbocycles. The van der Waals surface area contributed by atoms with Gasteiger partial charge in [0.1, 0.15) is 0 Å². The molecular weight excluding hydrogens is 268 g/mol. The minimum atomic E-state index is -0.415. The normalized spacial score (nSPS) is 26.0. The van der Waals surface area contributed by atoms with Crippen molar-refractivity contribution in [1.82, 2.24) is 9.80 Å². The first-order chi connectivity index (χ1) is 10.1. The van der Waals surface area contributed by atoms with Crippen molar-refractivity contribution < 1.29 is 14.6 Å². The Hall–Kier alpha value is -0.650. The average Bonchev–Trinajstić information content (AvgIpc) is 2.59. The maximum Gasteiger partial charge on any atom is 0.219 e. The molecule has 5 nitrogen and oxygen atoms in total. The van der Waals surface area contributed by atoms with Crippen molar-refractivity contribution in [2.24, 2.45) is 0 Å². The molecule has 5 heteroatoms. The van der Waals surface area contributed by atoms with Crippen LogP contribution in [0.5, 0.6) is 0 Å². The standard InChI is InChI=1S/C16H30N2O3/c1-13(19)18(14-5-3-6-14)15-7-4-9-17(10-8-15)11-16(20)12-21-2/h14-16,20H,3-12H2,1-2H3/t15-,16-/m0/s1. The fourth-order valence-electron chi connectivity index (χ4n) is 3.62. The fraction of sp³-hybridized carbons (Fsp3) is 0.938. The van der Waals surface area contributed by atoms with E-state index >= 15 is 0 Å². The predicted octanol–water partition coefficient (Wildman–Crippen LogP) is 1.25. The first kappa shape index (κ1) is 16.7. The Bertz CT molecular complexity index is 333. The van der Waals surface area contributed by atoms with E-state index < -0.39 is 6.10 Å². The number of aliphatic hydroxyl groups excluding tert-OH is 1. The lowest BCUT2D eigenvalue weighted by molar-refractivity contribution is -0.136. The number of ether oxygens (including phenoxy) is 1. The summed E-state index contributed by atoms with van der Waals surface area (Å²) in [6, 6.07) is 0.871. The Kier molecular flexibility index (Phi) is 6.45. The fourth-order valence-corrected chi connectivity index (χ4v) is 3.62. The van der Waals surface area contributed by atoms with Crippen molar-refractivity contribution in [2.45, 2.75) is 63.6 Å². The third-order valence-corrected chi connectivity index (χ3v) is 4.84. The van der Waals surface area contributed by atoms with E-state index in [1.807, 2.05) is 0 Å². The van der Waals surface area contributed by atoms with Crippen LogP contribution in [0.15, 0.2) is 0 Å². The maximum atomic E-state index is 12.0. The van der Waals surface area contributed by atoms with Crippen molar-refractivity contribution in [3.63, 3.8) is 0 Å². The number of methoxy groups -OCH3 is 1. The first-order valence-electron chi connectivity index (χ1n) is 8.30.